The fraction of sp³-hybridized carbons (Fsp3) is 0.385. The molecule has 1 atom stereocenters. The van der Waals surface area contributed by atoms with E-state index >= 15 is 0 Å². The molecule has 76 valence electrons. The van der Waals surface area contributed by atoms with Gasteiger partial charge in [-0.2, -0.15) is 0 Å². The third-order valence-electron chi connectivity index (χ3n) is 2.19. The average molecular weight is 206 g/mol. The van der Waals surface area contributed by atoms with Crippen molar-refractivity contribution in [3.63, 3.8) is 0 Å². The van der Waals surface area contributed by atoms with E-state index in [0.717, 1.165) is 6.16 Å². The second-order valence-corrected chi connectivity index (χ2v) is 7.48. The second kappa shape index (κ2) is 4.75. The van der Waals surface area contributed by atoms with Gasteiger partial charge < -0.3 is 0 Å². The van der Waals surface area contributed by atoms with Crippen LogP contribution < -0.4 is 5.30 Å². The van der Waals surface area contributed by atoms with Crippen molar-refractivity contribution in [2.24, 2.45) is 0 Å². The van der Waals surface area contributed by atoms with E-state index in [9.17, 15) is 0 Å². The maximum absolute atomic E-state index is 3.86. The number of rotatable bonds is 3. The summed E-state index contributed by atoms with van der Waals surface area (Å²) in [6.07, 6.45) is 3.16. The Morgan fingerprint density at radius 1 is 1.21 bits per heavy atom. The van der Waals surface area contributed by atoms with Gasteiger partial charge in [-0.15, -0.1) is 6.58 Å². The molecule has 1 aromatic rings. The van der Waals surface area contributed by atoms with Gasteiger partial charge in [0.15, 0.2) is 0 Å². The number of benzene rings is 1. The molecule has 0 saturated heterocycles. The SMILES string of the molecule is C=CCP(c1ccccc1)C(C)(C)C. The molecule has 0 N–H and O–H groups in total. The predicted octanol–water partition coefficient (Wildman–Crippen LogP) is 3.78. The van der Waals surface area contributed by atoms with Gasteiger partial charge >= 0.3 is 0 Å². The van der Waals surface area contributed by atoms with Gasteiger partial charge in [0, 0.05) is 0 Å². The lowest BCUT2D eigenvalue weighted by molar-refractivity contribution is 0.788. The lowest BCUT2D eigenvalue weighted by Crippen LogP contribution is -2.20. The van der Waals surface area contributed by atoms with Crippen molar-refractivity contribution in [2.75, 3.05) is 6.16 Å². The van der Waals surface area contributed by atoms with Crippen LogP contribution in [0.25, 0.3) is 0 Å². The van der Waals surface area contributed by atoms with Gasteiger partial charge in [0.2, 0.25) is 0 Å². The summed E-state index contributed by atoms with van der Waals surface area (Å²) in [6.45, 7) is 10.8. The molecule has 14 heavy (non-hydrogen) atoms. The Balaban J connectivity index is 2.95. The molecule has 1 unspecified atom stereocenters. The Bertz CT molecular complexity index is 282. The topological polar surface area (TPSA) is 0 Å². The molecular formula is C13H19P. The van der Waals surface area contributed by atoms with Gasteiger partial charge in [-0.05, 0) is 16.6 Å². The highest BCUT2D eigenvalue weighted by atomic mass is 31.1. The van der Waals surface area contributed by atoms with E-state index in [0.29, 0.717) is 5.16 Å². The molecule has 0 radical (unpaired) electrons. The van der Waals surface area contributed by atoms with Crippen LogP contribution in [0.15, 0.2) is 43.0 Å². The van der Waals surface area contributed by atoms with Crippen LogP contribution in [0.1, 0.15) is 20.8 Å². The van der Waals surface area contributed by atoms with E-state index in [4.69, 9.17) is 0 Å². The third-order valence-corrected chi connectivity index (χ3v) is 5.35. The Morgan fingerprint density at radius 3 is 2.21 bits per heavy atom. The Hall–Kier alpha value is -0.610. The van der Waals surface area contributed by atoms with Crippen LogP contribution >= 0.6 is 7.92 Å². The van der Waals surface area contributed by atoms with E-state index in [-0.39, 0.29) is 7.92 Å². The van der Waals surface area contributed by atoms with Crippen LogP contribution in [-0.4, -0.2) is 11.3 Å². The van der Waals surface area contributed by atoms with Gasteiger partial charge in [-0.25, -0.2) is 0 Å². The quantitative estimate of drug-likeness (QED) is 0.521. The summed E-state index contributed by atoms with van der Waals surface area (Å²) in [7, 11) is -0.115. The van der Waals surface area contributed by atoms with Gasteiger partial charge in [0.1, 0.15) is 0 Å². The summed E-state index contributed by atoms with van der Waals surface area (Å²) in [6, 6.07) is 10.8. The van der Waals surface area contributed by atoms with E-state index in [2.05, 4.69) is 57.7 Å². The number of hydrogen-bond donors (Lipinski definition) is 0. The summed E-state index contributed by atoms with van der Waals surface area (Å²) in [5.74, 6) is 0. The van der Waals surface area contributed by atoms with Gasteiger partial charge in [-0.1, -0.05) is 65.1 Å². The van der Waals surface area contributed by atoms with Crippen LogP contribution in [-0.2, 0) is 0 Å². The number of hydrogen-bond acceptors (Lipinski definition) is 0. The largest absolute Gasteiger partial charge is 0.103 e. The molecule has 0 amide bonds. The highest BCUT2D eigenvalue weighted by Gasteiger charge is 2.23. The minimum Gasteiger partial charge on any atom is -0.103 e. The first-order chi connectivity index (χ1) is 6.55. The van der Waals surface area contributed by atoms with Crippen molar-refractivity contribution in [3.8, 4) is 0 Å². The van der Waals surface area contributed by atoms with Gasteiger partial charge in [0.25, 0.3) is 0 Å². The average Bonchev–Trinajstić information content (AvgIpc) is 2.14. The zero-order valence-electron chi connectivity index (χ0n) is 9.33. The molecule has 0 fully saturated rings. The van der Waals surface area contributed by atoms with Crippen LogP contribution in [0.5, 0.6) is 0 Å². The first-order valence-corrected chi connectivity index (χ1v) is 6.52. The maximum Gasteiger partial charge on any atom is -0.0102 e. The Kier molecular flexibility index (Phi) is 3.89. The molecule has 0 aromatic heterocycles. The Labute approximate surface area is 88.8 Å². The zero-order valence-corrected chi connectivity index (χ0v) is 10.2. The minimum absolute atomic E-state index is 0.115. The molecule has 1 heteroatoms. The molecule has 0 aliphatic rings. The highest BCUT2D eigenvalue weighted by Crippen LogP contribution is 2.47. The number of allylic oxidation sites excluding steroid dienone is 1. The summed E-state index contributed by atoms with van der Waals surface area (Å²) >= 11 is 0. The molecule has 0 aliphatic heterocycles. The predicted molar refractivity (Wildman–Crippen MR) is 67.8 cm³/mol. The van der Waals surface area contributed by atoms with Crippen LogP contribution in [0, 0.1) is 0 Å². The van der Waals surface area contributed by atoms with Crippen molar-refractivity contribution < 1.29 is 0 Å². The third kappa shape index (κ3) is 2.96. The molecule has 0 heterocycles. The summed E-state index contributed by atoms with van der Waals surface area (Å²) in [5.41, 5.74) is 0. The maximum atomic E-state index is 3.86. The van der Waals surface area contributed by atoms with E-state index in [1.54, 1.807) is 0 Å². The summed E-state index contributed by atoms with van der Waals surface area (Å²) < 4.78 is 0. The van der Waals surface area contributed by atoms with E-state index in [1.165, 1.54) is 5.30 Å². The van der Waals surface area contributed by atoms with E-state index in [1.807, 2.05) is 6.08 Å². The first-order valence-electron chi connectivity index (χ1n) is 4.99. The van der Waals surface area contributed by atoms with Crippen molar-refractivity contribution >= 4 is 13.2 Å². The van der Waals surface area contributed by atoms with Crippen molar-refractivity contribution in [1.82, 2.24) is 0 Å². The molecule has 0 aliphatic carbocycles. The summed E-state index contributed by atoms with van der Waals surface area (Å²) in [4.78, 5) is 0. The first kappa shape index (κ1) is 11.5. The van der Waals surface area contributed by atoms with Crippen molar-refractivity contribution in [3.05, 3.63) is 43.0 Å². The Morgan fingerprint density at radius 2 is 1.79 bits per heavy atom. The molecule has 1 aromatic carbocycles. The lowest BCUT2D eigenvalue weighted by atomic mass is 10.3. The molecule has 0 spiro atoms. The van der Waals surface area contributed by atoms with Crippen LogP contribution in [0.3, 0.4) is 0 Å². The molecule has 0 bridgehead atoms. The second-order valence-electron chi connectivity index (χ2n) is 4.41. The van der Waals surface area contributed by atoms with E-state index < -0.39 is 0 Å². The van der Waals surface area contributed by atoms with Gasteiger partial charge in [0.05, 0.1) is 0 Å². The summed E-state index contributed by atoms with van der Waals surface area (Å²) in [5, 5.41) is 1.85. The standard InChI is InChI=1S/C13H19P/c1-5-11-14(13(2,3)4)12-9-7-6-8-10-12/h5-10H,1,11H2,2-4H3. The smallest absolute Gasteiger partial charge is 0.0102 e. The zero-order chi connectivity index (χ0) is 10.6. The lowest BCUT2D eigenvalue weighted by Gasteiger charge is -2.30. The van der Waals surface area contributed by atoms with Crippen LogP contribution in [0.4, 0.5) is 0 Å². The minimum atomic E-state index is -0.115. The molecular weight excluding hydrogens is 187 g/mol. The molecule has 1 rings (SSSR count). The molecule has 0 saturated carbocycles. The fourth-order valence-electron chi connectivity index (χ4n) is 1.50. The monoisotopic (exact) mass is 206 g/mol. The fourth-order valence-corrected chi connectivity index (χ4v) is 3.83. The highest BCUT2D eigenvalue weighted by molar-refractivity contribution is 7.67. The van der Waals surface area contributed by atoms with Crippen molar-refractivity contribution in [1.29, 1.82) is 0 Å². The normalized spacial score (nSPS) is 13.6. The molecule has 0 nitrogen and oxygen atoms in total. The van der Waals surface area contributed by atoms with Gasteiger partial charge in [-0.3, -0.25) is 0 Å². The van der Waals surface area contributed by atoms with Crippen LogP contribution in [0.2, 0.25) is 0 Å². The van der Waals surface area contributed by atoms with Crippen molar-refractivity contribution in [2.45, 2.75) is 25.9 Å².